The minimum atomic E-state index is -2.65. The zero-order valence-corrected chi connectivity index (χ0v) is 6.78. The largest absolute Gasteiger partial charge is 0.392 e. The van der Waals surface area contributed by atoms with E-state index in [0.29, 0.717) is 0 Å². The van der Waals surface area contributed by atoms with E-state index in [4.69, 9.17) is 10.8 Å². The first kappa shape index (κ1) is 11.1. The Morgan fingerprint density at radius 2 is 2.00 bits per heavy atom. The van der Waals surface area contributed by atoms with Gasteiger partial charge < -0.3 is 10.8 Å². The van der Waals surface area contributed by atoms with Crippen LogP contribution in [-0.4, -0.2) is 23.2 Å². The van der Waals surface area contributed by atoms with E-state index in [1.165, 1.54) is 0 Å². The molecule has 68 valence electrons. The van der Waals surface area contributed by atoms with Gasteiger partial charge >= 0.3 is 0 Å². The lowest BCUT2D eigenvalue weighted by Crippen LogP contribution is -2.44. The molecule has 0 heterocycles. The smallest absolute Gasteiger partial charge is 0.249 e. The Labute approximate surface area is 70.2 Å². The van der Waals surface area contributed by atoms with Crippen LogP contribution in [-0.2, 0) is 0 Å². The summed E-state index contributed by atoms with van der Waals surface area (Å²) >= 11 is 0. The van der Waals surface area contributed by atoms with Crippen LogP contribution >= 0.6 is 12.4 Å². The average Bonchev–Trinajstić information content (AvgIpc) is 1.79. The zero-order chi connectivity index (χ0) is 7.78. The van der Waals surface area contributed by atoms with Crippen molar-refractivity contribution in [1.29, 1.82) is 0 Å². The highest BCUT2D eigenvalue weighted by Crippen LogP contribution is 2.32. The number of hydrogen-bond acceptors (Lipinski definition) is 2. The van der Waals surface area contributed by atoms with Crippen LogP contribution in [0.25, 0.3) is 0 Å². The van der Waals surface area contributed by atoms with E-state index in [-0.39, 0.29) is 31.7 Å². The number of alkyl halides is 2. The van der Waals surface area contributed by atoms with Gasteiger partial charge in [-0.15, -0.1) is 12.4 Å². The Morgan fingerprint density at radius 3 is 2.36 bits per heavy atom. The summed E-state index contributed by atoms with van der Waals surface area (Å²) in [6, 6.07) is -0.747. The minimum Gasteiger partial charge on any atom is -0.392 e. The SMILES string of the molecule is Cl.N[C@@H]1CC(F)(F)CC[C@H]1O. The molecule has 0 aromatic rings. The van der Waals surface area contributed by atoms with Crippen molar-refractivity contribution in [2.75, 3.05) is 0 Å². The first-order valence-corrected chi connectivity index (χ1v) is 3.33. The van der Waals surface area contributed by atoms with Crippen LogP contribution in [0.4, 0.5) is 8.78 Å². The molecule has 2 atom stereocenters. The molecule has 0 aromatic heterocycles. The first-order chi connectivity index (χ1) is 4.51. The molecule has 3 N–H and O–H groups in total. The van der Waals surface area contributed by atoms with E-state index >= 15 is 0 Å². The van der Waals surface area contributed by atoms with Crippen LogP contribution in [0.3, 0.4) is 0 Å². The highest BCUT2D eigenvalue weighted by Gasteiger charge is 2.38. The molecule has 1 aliphatic rings. The van der Waals surface area contributed by atoms with E-state index < -0.39 is 18.1 Å². The van der Waals surface area contributed by atoms with Gasteiger partial charge in [-0.1, -0.05) is 0 Å². The van der Waals surface area contributed by atoms with Gasteiger partial charge in [-0.05, 0) is 6.42 Å². The molecule has 0 radical (unpaired) electrons. The van der Waals surface area contributed by atoms with Gasteiger partial charge in [0, 0.05) is 18.9 Å². The van der Waals surface area contributed by atoms with Gasteiger partial charge in [0.15, 0.2) is 0 Å². The molecule has 1 aliphatic carbocycles. The fourth-order valence-electron chi connectivity index (χ4n) is 1.16. The number of hydrogen-bond donors (Lipinski definition) is 2. The van der Waals surface area contributed by atoms with Crippen LogP contribution < -0.4 is 5.73 Å². The average molecular weight is 188 g/mol. The molecule has 5 heteroatoms. The Morgan fingerprint density at radius 1 is 1.45 bits per heavy atom. The molecule has 0 bridgehead atoms. The van der Waals surface area contributed by atoms with Crippen LogP contribution in [0.15, 0.2) is 0 Å². The first-order valence-electron chi connectivity index (χ1n) is 3.33. The molecular weight excluding hydrogens is 176 g/mol. The number of rotatable bonds is 0. The van der Waals surface area contributed by atoms with Crippen molar-refractivity contribution < 1.29 is 13.9 Å². The summed E-state index contributed by atoms with van der Waals surface area (Å²) in [7, 11) is 0. The number of aliphatic hydroxyl groups excluding tert-OH is 1. The molecule has 1 rings (SSSR count). The summed E-state index contributed by atoms with van der Waals surface area (Å²) in [4.78, 5) is 0. The minimum absolute atomic E-state index is 0. The van der Waals surface area contributed by atoms with Gasteiger partial charge in [-0.2, -0.15) is 0 Å². The second-order valence-electron chi connectivity index (χ2n) is 2.83. The summed E-state index contributed by atoms with van der Waals surface area (Å²) in [6.07, 6.45) is -1.23. The number of halogens is 3. The predicted molar refractivity (Wildman–Crippen MR) is 40.0 cm³/mol. The summed E-state index contributed by atoms with van der Waals surface area (Å²) < 4.78 is 24.9. The molecule has 0 amide bonds. The lowest BCUT2D eigenvalue weighted by molar-refractivity contribution is -0.0720. The van der Waals surface area contributed by atoms with Crippen LogP contribution in [0.1, 0.15) is 19.3 Å². The maximum atomic E-state index is 12.4. The molecule has 0 aliphatic heterocycles. The highest BCUT2D eigenvalue weighted by atomic mass is 35.5. The fourth-order valence-corrected chi connectivity index (χ4v) is 1.16. The van der Waals surface area contributed by atoms with E-state index in [1.807, 2.05) is 0 Å². The van der Waals surface area contributed by atoms with E-state index in [1.54, 1.807) is 0 Å². The maximum Gasteiger partial charge on any atom is 0.249 e. The standard InChI is InChI=1S/C6H11F2NO.ClH/c7-6(8)2-1-5(10)4(9)3-6;/h4-5,10H,1-3,9H2;1H/t4-,5-;/m1./s1. The highest BCUT2D eigenvalue weighted by molar-refractivity contribution is 5.85. The summed E-state index contributed by atoms with van der Waals surface area (Å²) in [5.41, 5.74) is 5.22. The third-order valence-corrected chi connectivity index (χ3v) is 1.83. The van der Waals surface area contributed by atoms with Gasteiger partial charge in [0.05, 0.1) is 6.10 Å². The predicted octanol–water partition coefficient (Wildman–Crippen LogP) is 0.916. The van der Waals surface area contributed by atoms with Crippen molar-refractivity contribution in [1.82, 2.24) is 0 Å². The van der Waals surface area contributed by atoms with Crippen molar-refractivity contribution in [3.63, 3.8) is 0 Å². The van der Waals surface area contributed by atoms with Gasteiger partial charge in [0.2, 0.25) is 5.92 Å². The van der Waals surface area contributed by atoms with Crippen LogP contribution in [0.5, 0.6) is 0 Å². The molecular formula is C6H12ClF2NO. The quantitative estimate of drug-likeness (QED) is 0.593. The topological polar surface area (TPSA) is 46.2 Å². The molecule has 1 fully saturated rings. The second-order valence-corrected chi connectivity index (χ2v) is 2.83. The lowest BCUT2D eigenvalue weighted by atomic mass is 9.90. The molecule has 1 saturated carbocycles. The van der Waals surface area contributed by atoms with E-state index in [9.17, 15) is 8.78 Å². The molecule has 0 saturated heterocycles. The second kappa shape index (κ2) is 3.65. The Hall–Kier alpha value is 0.0700. The third kappa shape index (κ3) is 2.89. The van der Waals surface area contributed by atoms with Crippen molar-refractivity contribution >= 4 is 12.4 Å². The van der Waals surface area contributed by atoms with Crippen molar-refractivity contribution in [3.05, 3.63) is 0 Å². The maximum absolute atomic E-state index is 12.4. The van der Waals surface area contributed by atoms with Crippen molar-refractivity contribution in [3.8, 4) is 0 Å². The summed E-state index contributed by atoms with van der Waals surface area (Å²) in [5, 5.41) is 8.95. The monoisotopic (exact) mass is 187 g/mol. The van der Waals surface area contributed by atoms with Crippen LogP contribution in [0.2, 0.25) is 0 Å². The van der Waals surface area contributed by atoms with Gasteiger partial charge in [0.25, 0.3) is 0 Å². The van der Waals surface area contributed by atoms with E-state index in [2.05, 4.69) is 0 Å². The zero-order valence-electron chi connectivity index (χ0n) is 5.96. The molecule has 0 aromatic carbocycles. The van der Waals surface area contributed by atoms with Crippen molar-refractivity contribution in [2.45, 2.75) is 37.3 Å². The Bertz CT molecular complexity index is 134. The fraction of sp³-hybridized carbons (Fsp3) is 1.00. The number of aliphatic hydroxyl groups is 1. The Kier molecular flexibility index (Phi) is 3.67. The van der Waals surface area contributed by atoms with Gasteiger partial charge in [-0.3, -0.25) is 0 Å². The molecule has 11 heavy (non-hydrogen) atoms. The summed E-state index contributed by atoms with van der Waals surface area (Å²) in [6.45, 7) is 0. The third-order valence-electron chi connectivity index (χ3n) is 1.83. The van der Waals surface area contributed by atoms with E-state index in [0.717, 1.165) is 0 Å². The lowest BCUT2D eigenvalue weighted by Gasteiger charge is -2.30. The van der Waals surface area contributed by atoms with Gasteiger partial charge in [-0.25, -0.2) is 8.78 Å². The normalized spacial score (nSPS) is 36.0. The molecule has 0 unspecified atom stereocenters. The number of nitrogens with two attached hydrogens (primary N) is 1. The molecule has 0 spiro atoms. The van der Waals surface area contributed by atoms with Gasteiger partial charge in [0.1, 0.15) is 0 Å². The molecule has 2 nitrogen and oxygen atoms in total. The van der Waals surface area contributed by atoms with Crippen LogP contribution in [0, 0.1) is 0 Å². The summed E-state index contributed by atoms with van der Waals surface area (Å²) in [5.74, 6) is -2.65. The Balaban J connectivity index is 0.000001000. The van der Waals surface area contributed by atoms with Crippen molar-refractivity contribution in [2.24, 2.45) is 5.73 Å².